The lowest BCUT2D eigenvalue weighted by molar-refractivity contribution is -0.131. The molecule has 1 aliphatic heterocycles. The highest BCUT2D eigenvalue weighted by Gasteiger charge is 2.44. The first kappa shape index (κ1) is 14.9. The van der Waals surface area contributed by atoms with Gasteiger partial charge in [-0.3, -0.25) is 9.69 Å². The third-order valence-corrected chi connectivity index (χ3v) is 2.70. The van der Waals surface area contributed by atoms with Gasteiger partial charge < -0.3 is 20.5 Å². The van der Waals surface area contributed by atoms with E-state index in [0.29, 0.717) is 19.7 Å². The lowest BCUT2D eigenvalue weighted by Crippen LogP contribution is -2.43. The van der Waals surface area contributed by atoms with E-state index >= 15 is 0 Å². The Morgan fingerprint density at radius 2 is 2.17 bits per heavy atom. The van der Waals surface area contributed by atoms with E-state index < -0.39 is 17.7 Å². The number of carbonyl (C=O) groups excluding carboxylic acids is 2. The van der Waals surface area contributed by atoms with Crippen molar-refractivity contribution in [1.29, 1.82) is 0 Å². The highest BCUT2D eigenvalue weighted by molar-refractivity contribution is 6.06. The SMILES string of the molecule is COCCNCC(O)CN1C(=O)NC(C)(C)C1=O. The van der Waals surface area contributed by atoms with Crippen LogP contribution < -0.4 is 10.6 Å². The van der Waals surface area contributed by atoms with Gasteiger partial charge in [-0.25, -0.2) is 4.79 Å². The molecule has 104 valence electrons. The molecule has 0 aromatic rings. The Morgan fingerprint density at radius 3 is 2.67 bits per heavy atom. The second kappa shape index (κ2) is 6.12. The maximum absolute atomic E-state index is 11.8. The van der Waals surface area contributed by atoms with Gasteiger partial charge in [0.15, 0.2) is 0 Å². The van der Waals surface area contributed by atoms with Gasteiger partial charge in [-0.15, -0.1) is 0 Å². The number of hydrogen-bond donors (Lipinski definition) is 3. The molecule has 1 heterocycles. The molecule has 3 amide bonds. The normalized spacial score (nSPS) is 20.1. The van der Waals surface area contributed by atoms with Gasteiger partial charge in [0, 0.05) is 20.2 Å². The monoisotopic (exact) mass is 259 g/mol. The number of hydrogen-bond acceptors (Lipinski definition) is 5. The van der Waals surface area contributed by atoms with Crippen molar-refractivity contribution in [2.45, 2.75) is 25.5 Å². The molecule has 0 radical (unpaired) electrons. The Labute approximate surface area is 106 Å². The van der Waals surface area contributed by atoms with E-state index in [1.54, 1.807) is 21.0 Å². The van der Waals surface area contributed by atoms with Gasteiger partial charge in [-0.2, -0.15) is 0 Å². The number of urea groups is 1. The van der Waals surface area contributed by atoms with Crippen LogP contribution in [0.5, 0.6) is 0 Å². The van der Waals surface area contributed by atoms with E-state index in [4.69, 9.17) is 4.74 Å². The predicted octanol–water partition coefficient (Wildman–Crippen LogP) is -1.09. The molecule has 1 saturated heterocycles. The number of aliphatic hydroxyl groups excluding tert-OH is 1. The summed E-state index contributed by atoms with van der Waals surface area (Å²) in [6.45, 7) is 4.73. The summed E-state index contributed by atoms with van der Waals surface area (Å²) in [5.74, 6) is -0.316. The number of nitrogens with one attached hydrogen (secondary N) is 2. The number of imide groups is 1. The molecule has 18 heavy (non-hydrogen) atoms. The lowest BCUT2D eigenvalue weighted by atomic mass is 10.1. The van der Waals surface area contributed by atoms with Crippen LogP contribution in [0.4, 0.5) is 4.79 Å². The van der Waals surface area contributed by atoms with Gasteiger partial charge in [0.25, 0.3) is 5.91 Å². The summed E-state index contributed by atoms with van der Waals surface area (Å²) >= 11 is 0. The summed E-state index contributed by atoms with van der Waals surface area (Å²) in [5, 5.41) is 15.3. The summed E-state index contributed by atoms with van der Waals surface area (Å²) in [6, 6.07) is -0.457. The lowest BCUT2D eigenvalue weighted by Gasteiger charge is -2.19. The van der Waals surface area contributed by atoms with E-state index in [2.05, 4.69) is 10.6 Å². The van der Waals surface area contributed by atoms with Crippen LogP contribution in [0.3, 0.4) is 0 Å². The third-order valence-electron chi connectivity index (χ3n) is 2.70. The fourth-order valence-electron chi connectivity index (χ4n) is 1.70. The van der Waals surface area contributed by atoms with Crippen molar-refractivity contribution in [3.63, 3.8) is 0 Å². The quantitative estimate of drug-likeness (QED) is 0.399. The van der Waals surface area contributed by atoms with Crippen molar-refractivity contribution >= 4 is 11.9 Å². The zero-order chi connectivity index (χ0) is 13.8. The van der Waals surface area contributed by atoms with Crippen LogP contribution in [0.15, 0.2) is 0 Å². The molecule has 0 aliphatic carbocycles. The Kier molecular flexibility index (Phi) is 5.06. The van der Waals surface area contributed by atoms with E-state index in [0.717, 1.165) is 4.90 Å². The number of ether oxygens (including phenoxy) is 1. The van der Waals surface area contributed by atoms with E-state index in [-0.39, 0.29) is 12.5 Å². The highest BCUT2D eigenvalue weighted by Crippen LogP contribution is 2.16. The molecule has 1 atom stereocenters. The zero-order valence-electron chi connectivity index (χ0n) is 11.0. The van der Waals surface area contributed by atoms with Crippen molar-refractivity contribution in [1.82, 2.24) is 15.5 Å². The molecule has 0 aromatic heterocycles. The number of amides is 3. The van der Waals surface area contributed by atoms with Crippen molar-refractivity contribution in [3.05, 3.63) is 0 Å². The van der Waals surface area contributed by atoms with Crippen molar-refractivity contribution in [3.8, 4) is 0 Å². The number of β-amino-alcohol motifs (C(OH)–C–C–N with tert-alkyl or cyclic N) is 1. The second-order valence-electron chi connectivity index (χ2n) is 4.82. The molecule has 0 aromatic carbocycles. The Morgan fingerprint density at radius 1 is 1.50 bits per heavy atom. The molecule has 1 aliphatic rings. The van der Waals surface area contributed by atoms with E-state index in [1.165, 1.54) is 0 Å². The van der Waals surface area contributed by atoms with Crippen LogP contribution in [0, 0.1) is 0 Å². The Balaban J connectivity index is 2.38. The summed E-state index contributed by atoms with van der Waals surface area (Å²) in [4.78, 5) is 24.4. The van der Waals surface area contributed by atoms with Crippen LogP contribution >= 0.6 is 0 Å². The standard InChI is InChI=1S/C11H21N3O4/c1-11(2)9(16)14(10(17)13-11)7-8(15)6-12-4-5-18-3/h8,12,15H,4-7H2,1-3H3,(H,13,17). The van der Waals surface area contributed by atoms with Gasteiger partial charge in [-0.1, -0.05) is 0 Å². The topological polar surface area (TPSA) is 90.9 Å². The number of methoxy groups -OCH3 is 1. The summed E-state index contributed by atoms with van der Waals surface area (Å²) in [6.07, 6.45) is -0.787. The third kappa shape index (κ3) is 3.66. The number of nitrogens with zero attached hydrogens (tertiary/aromatic N) is 1. The van der Waals surface area contributed by atoms with E-state index in [1.807, 2.05) is 0 Å². The van der Waals surface area contributed by atoms with Gasteiger partial charge in [0.2, 0.25) is 0 Å². The molecule has 3 N–H and O–H groups in total. The van der Waals surface area contributed by atoms with Crippen LogP contribution in [0.2, 0.25) is 0 Å². The maximum atomic E-state index is 11.8. The van der Waals surface area contributed by atoms with Crippen molar-refractivity contribution in [2.75, 3.05) is 33.4 Å². The first-order valence-corrected chi connectivity index (χ1v) is 5.90. The average molecular weight is 259 g/mol. The minimum absolute atomic E-state index is 0.00587. The number of carbonyl (C=O) groups is 2. The molecular formula is C11H21N3O4. The maximum Gasteiger partial charge on any atom is 0.325 e. The minimum atomic E-state index is -0.889. The van der Waals surface area contributed by atoms with Gasteiger partial charge >= 0.3 is 6.03 Å². The fraction of sp³-hybridized carbons (Fsp3) is 0.818. The molecule has 0 bridgehead atoms. The van der Waals surface area contributed by atoms with Crippen molar-refractivity contribution in [2.24, 2.45) is 0 Å². The van der Waals surface area contributed by atoms with Crippen molar-refractivity contribution < 1.29 is 19.4 Å². The molecular weight excluding hydrogens is 238 g/mol. The number of aliphatic hydroxyl groups is 1. The van der Waals surface area contributed by atoms with Gasteiger partial charge in [-0.05, 0) is 13.8 Å². The average Bonchev–Trinajstić information content (AvgIpc) is 2.47. The predicted molar refractivity (Wildman–Crippen MR) is 65.1 cm³/mol. The van der Waals surface area contributed by atoms with Crippen LogP contribution in [-0.4, -0.2) is 66.9 Å². The van der Waals surface area contributed by atoms with Crippen LogP contribution in [0.25, 0.3) is 0 Å². The molecule has 0 saturated carbocycles. The molecule has 7 nitrogen and oxygen atoms in total. The Hall–Kier alpha value is -1.18. The molecule has 1 unspecified atom stereocenters. The number of rotatable bonds is 7. The highest BCUT2D eigenvalue weighted by atomic mass is 16.5. The minimum Gasteiger partial charge on any atom is -0.390 e. The van der Waals surface area contributed by atoms with Gasteiger partial charge in [0.05, 0.1) is 19.3 Å². The van der Waals surface area contributed by atoms with Crippen LogP contribution in [0.1, 0.15) is 13.8 Å². The van der Waals surface area contributed by atoms with Gasteiger partial charge in [0.1, 0.15) is 5.54 Å². The first-order valence-electron chi connectivity index (χ1n) is 5.90. The first-order chi connectivity index (χ1) is 8.38. The zero-order valence-corrected chi connectivity index (χ0v) is 11.0. The summed E-state index contributed by atoms with van der Waals surface area (Å²) in [7, 11) is 1.59. The summed E-state index contributed by atoms with van der Waals surface area (Å²) in [5.41, 5.74) is -0.889. The Bertz CT molecular complexity index is 319. The largest absolute Gasteiger partial charge is 0.390 e. The molecule has 7 heteroatoms. The molecule has 1 fully saturated rings. The molecule has 1 rings (SSSR count). The van der Waals surface area contributed by atoms with E-state index in [9.17, 15) is 14.7 Å². The summed E-state index contributed by atoms with van der Waals surface area (Å²) < 4.78 is 4.85. The second-order valence-corrected chi connectivity index (χ2v) is 4.82. The smallest absolute Gasteiger partial charge is 0.325 e. The fourth-order valence-corrected chi connectivity index (χ4v) is 1.70. The van der Waals surface area contributed by atoms with Crippen LogP contribution in [-0.2, 0) is 9.53 Å². The molecule has 0 spiro atoms.